The highest BCUT2D eigenvalue weighted by Gasteiger charge is 2.55. The van der Waals surface area contributed by atoms with Gasteiger partial charge in [-0.2, -0.15) is 0 Å². The van der Waals surface area contributed by atoms with E-state index in [-0.39, 0.29) is 5.41 Å². The van der Waals surface area contributed by atoms with Crippen LogP contribution in [-0.4, -0.2) is 0 Å². The van der Waals surface area contributed by atoms with Gasteiger partial charge in [0.25, 0.3) is 0 Å². The highest BCUT2D eigenvalue weighted by Crippen LogP contribution is 2.64. The van der Waals surface area contributed by atoms with E-state index < -0.39 is 0 Å². The van der Waals surface area contributed by atoms with Gasteiger partial charge in [-0.25, -0.2) is 0 Å². The van der Waals surface area contributed by atoms with Gasteiger partial charge in [0.05, 0.1) is 0 Å². The molecule has 0 aromatic heterocycles. The normalized spacial score (nSPS) is 39.7. The first kappa shape index (κ1) is 12.1. The molecule has 1 atom stereocenters. The molecule has 10 radical (unpaired) electrons. The Labute approximate surface area is 108 Å². The first-order valence-electron chi connectivity index (χ1n) is 6.53. The van der Waals surface area contributed by atoms with Gasteiger partial charge in [-0.15, -0.1) is 0 Å². The van der Waals surface area contributed by atoms with E-state index in [2.05, 4.69) is 65.7 Å². The van der Waals surface area contributed by atoms with Gasteiger partial charge in [-0.1, -0.05) is 20.8 Å². The van der Waals surface area contributed by atoms with E-state index in [0.717, 1.165) is 0 Å². The molecule has 3 aliphatic carbocycles. The topological polar surface area (TPSA) is 0 Å². The molecule has 88 valence electrons. The fraction of sp³-hybridized carbons (Fsp3) is 0.412. The predicted molar refractivity (Wildman–Crippen MR) is 71.0 cm³/mol. The van der Waals surface area contributed by atoms with E-state index in [9.17, 15) is 0 Å². The average molecular weight is 224 g/mol. The second kappa shape index (κ2) is 4.00. The number of rotatable bonds is 1. The van der Waals surface area contributed by atoms with Crippen molar-refractivity contribution in [2.24, 2.45) is 10.8 Å². The molecule has 0 N–H and O–H groups in total. The van der Waals surface area contributed by atoms with Gasteiger partial charge in [-0.05, 0) is 86.4 Å². The second-order valence-corrected chi connectivity index (χ2v) is 6.24. The summed E-state index contributed by atoms with van der Waals surface area (Å²) in [7, 11) is 0. The maximum Gasteiger partial charge on any atom is -0.00630 e. The van der Waals surface area contributed by atoms with Crippen molar-refractivity contribution in [3.63, 3.8) is 0 Å². The Hall–Kier alpha value is 0. The first-order chi connectivity index (χ1) is 8.04. The minimum Gasteiger partial charge on any atom is -0.0593 e. The van der Waals surface area contributed by atoms with E-state index in [0.29, 0.717) is 5.41 Å². The minimum atomic E-state index is 0.220. The highest BCUT2D eigenvalue weighted by atomic mass is 14.6. The Kier molecular flexibility index (Phi) is 2.84. The molecule has 3 saturated carbocycles. The van der Waals surface area contributed by atoms with Gasteiger partial charge in [0, 0.05) is 0 Å². The van der Waals surface area contributed by atoms with Crippen molar-refractivity contribution < 1.29 is 0 Å². The van der Waals surface area contributed by atoms with E-state index in [1.54, 1.807) is 11.8 Å². The van der Waals surface area contributed by atoms with E-state index in [1.807, 2.05) is 0 Å². The minimum absolute atomic E-state index is 0.220. The summed E-state index contributed by atoms with van der Waals surface area (Å²) in [6.07, 6.45) is 18.2. The van der Waals surface area contributed by atoms with E-state index >= 15 is 0 Å². The Balaban J connectivity index is 1.86. The van der Waals surface area contributed by atoms with Crippen LogP contribution < -0.4 is 0 Å². The van der Waals surface area contributed by atoms with E-state index in [4.69, 9.17) is 0 Å². The molecule has 0 bridgehead atoms. The van der Waals surface area contributed by atoms with Crippen molar-refractivity contribution in [2.75, 3.05) is 0 Å². The van der Waals surface area contributed by atoms with Crippen LogP contribution in [-0.2, 0) is 0 Å². The summed E-state index contributed by atoms with van der Waals surface area (Å²) in [6.45, 7) is 7.14. The summed E-state index contributed by atoms with van der Waals surface area (Å²) in [4.78, 5) is 0. The molecular formula is C17H20. The van der Waals surface area contributed by atoms with Crippen LogP contribution in [0, 0.1) is 73.5 Å². The lowest BCUT2D eigenvalue weighted by Gasteiger charge is -2.52. The van der Waals surface area contributed by atoms with Crippen molar-refractivity contribution in [3.8, 4) is 0 Å². The van der Waals surface area contributed by atoms with Crippen LogP contribution in [0.1, 0.15) is 33.6 Å². The fourth-order valence-corrected chi connectivity index (χ4v) is 3.36. The molecule has 0 nitrogen and oxygen atoms in total. The Morgan fingerprint density at radius 1 is 0.765 bits per heavy atom. The summed E-state index contributed by atoms with van der Waals surface area (Å²) in [6, 6.07) is 0. The zero-order valence-corrected chi connectivity index (χ0v) is 11.0. The molecule has 0 heteroatoms. The monoisotopic (exact) mass is 224 g/mol. The highest BCUT2D eigenvalue weighted by molar-refractivity contribution is 5.57. The van der Waals surface area contributed by atoms with Crippen LogP contribution in [0.5, 0.6) is 0 Å². The fourth-order valence-electron chi connectivity index (χ4n) is 3.36. The maximum atomic E-state index is 2.40. The summed E-state index contributed by atoms with van der Waals surface area (Å²) in [5.41, 5.74) is 0.558. The first-order valence-corrected chi connectivity index (χ1v) is 6.53. The van der Waals surface area contributed by atoms with Crippen LogP contribution in [0.4, 0.5) is 0 Å². The lowest BCUT2D eigenvalue weighted by atomic mass is 9.51. The smallest absolute Gasteiger partial charge is 0.00630 e. The van der Waals surface area contributed by atoms with Crippen molar-refractivity contribution in [1.82, 2.24) is 0 Å². The van der Waals surface area contributed by atoms with Crippen LogP contribution in [0.3, 0.4) is 0 Å². The molecular weight excluding hydrogens is 204 g/mol. The Morgan fingerprint density at radius 3 is 2.12 bits per heavy atom. The third-order valence-electron chi connectivity index (χ3n) is 4.69. The van der Waals surface area contributed by atoms with Crippen LogP contribution in [0.25, 0.3) is 0 Å². The molecule has 1 unspecified atom stereocenters. The number of hydrogen-bond acceptors (Lipinski definition) is 0. The molecule has 0 aromatic rings. The van der Waals surface area contributed by atoms with Gasteiger partial charge >= 0.3 is 0 Å². The second-order valence-electron chi connectivity index (χ2n) is 6.24. The van der Waals surface area contributed by atoms with Crippen molar-refractivity contribution in [2.45, 2.75) is 33.6 Å². The van der Waals surface area contributed by atoms with Crippen LogP contribution in [0.15, 0.2) is 0 Å². The molecule has 0 aliphatic heterocycles. The number of hydrogen-bond donors (Lipinski definition) is 0. The zero-order valence-electron chi connectivity index (χ0n) is 11.0. The predicted octanol–water partition coefficient (Wildman–Crippen LogP) is 3.99. The molecule has 3 fully saturated rings. The lowest BCUT2D eigenvalue weighted by molar-refractivity contribution is 0.208. The Morgan fingerprint density at radius 2 is 1.41 bits per heavy atom. The SMILES string of the molecule is CC1(C)CCC(C)([C]2[CH][CH][CH][CH]2)[C]2[CH][CH][CH][C]21. The summed E-state index contributed by atoms with van der Waals surface area (Å²) in [5.74, 6) is 4.56. The molecule has 3 rings (SSSR count). The maximum absolute atomic E-state index is 2.40. The molecule has 0 saturated heterocycles. The van der Waals surface area contributed by atoms with Gasteiger partial charge in [0.1, 0.15) is 0 Å². The third kappa shape index (κ3) is 1.78. The Bertz CT molecular complexity index is 284. The molecule has 0 amide bonds. The largest absolute Gasteiger partial charge is 0.0593 e. The van der Waals surface area contributed by atoms with Crippen molar-refractivity contribution in [1.29, 1.82) is 0 Å². The quantitative estimate of drug-likeness (QED) is 0.631. The number of fused-ring (bicyclic) bond motifs is 1. The van der Waals surface area contributed by atoms with Crippen molar-refractivity contribution in [3.05, 3.63) is 62.7 Å². The van der Waals surface area contributed by atoms with Gasteiger partial charge in [0.15, 0.2) is 0 Å². The third-order valence-corrected chi connectivity index (χ3v) is 4.69. The summed E-state index contributed by atoms with van der Waals surface area (Å²) >= 11 is 0. The lowest BCUT2D eigenvalue weighted by Crippen LogP contribution is -2.43. The average Bonchev–Trinajstić information content (AvgIpc) is 2.94. The van der Waals surface area contributed by atoms with Crippen LogP contribution >= 0.6 is 0 Å². The molecule has 3 aliphatic rings. The van der Waals surface area contributed by atoms with Crippen LogP contribution in [0.2, 0.25) is 0 Å². The van der Waals surface area contributed by atoms with Gasteiger partial charge < -0.3 is 0 Å². The van der Waals surface area contributed by atoms with Gasteiger partial charge in [-0.3, -0.25) is 0 Å². The van der Waals surface area contributed by atoms with E-state index in [1.165, 1.54) is 18.8 Å². The summed E-state index contributed by atoms with van der Waals surface area (Å²) < 4.78 is 0. The molecule has 0 heterocycles. The molecule has 0 spiro atoms. The summed E-state index contributed by atoms with van der Waals surface area (Å²) in [5, 5.41) is 0. The molecule has 17 heavy (non-hydrogen) atoms. The van der Waals surface area contributed by atoms with Gasteiger partial charge in [0.2, 0.25) is 0 Å². The zero-order chi connectivity index (χ0) is 12.1. The standard InChI is InChI=1S/C17H20/c1-16(2)11-12-17(3,13-7-4-5-8-13)15-10-6-9-14(15)16/h4-10H,11-12H2,1-3H3. The molecule has 0 aromatic carbocycles. The van der Waals surface area contributed by atoms with Crippen molar-refractivity contribution >= 4 is 0 Å².